The Morgan fingerprint density at radius 3 is 0.808 bits per heavy atom. The van der Waals surface area contributed by atoms with E-state index >= 15 is 0 Å². The van der Waals surface area contributed by atoms with E-state index in [-0.39, 0.29) is 77.9 Å². The average Bonchev–Trinajstić information content (AvgIpc) is 1.56. The molecular weight excluding hydrogens is 1290 g/mol. The Hall–Kier alpha value is -16.9. The standard InChI is InChI=1S/C86H36N18/c87-36-49-23-60(40-91)80(61(24-49)41-92)55-11-16-74-68(31-55)69-32-56(81-62(42-93)25-50(37-88)26-63(81)43-94)12-17-75(69)103(74)78-20-15-59(86-101-84(53-7-3-1-4-8-53)100-85(102-86)54-9-5-2-6-10-54)35-72(78)73-48-99-22-21-79(73)104-76-18-13-57(82-64(44-95)27-51(38-89)28-65(82)45-96)33-70(76)71-34-58(14-19-77(71)104)83-66(46-97)29-52(39-90)30-67(83)47-98/h1-35,48H. The molecule has 18 nitrogen and oxygen atoms in total. The Kier molecular flexibility index (Phi) is 15.7. The predicted octanol–water partition coefficient (Wildman–Crippen LogP) is 17.3. The van der Waals surface area contributed by atoms with Gasteiger partial charge in [-0.2, -0.15) is 63.1 Å². The van der Waals surface area contributed by atoms with Crippen LogP contribution in [-0.4, -0.2) is 29.1 Å². The molecular formula is C86H36N18. The van der Waals surface area contributed by atoms with Gasteiger partial charge in [0, 0.05) is 84.0 Å². The first-order valence-corrected chi connectivity index (χ1v) is 31.7. The van der Waals surface area contributed by atoms with Crippen molar-refractivity contribution in [3.05, 3.63) is 285 Å². The fourth-order valence-electron chi connectivity index (χ4n) is 13.8. The van der Waals surface area contributed by atoms with Gasteiger partial charge in [-0.05, 0) is 144 Å². The largest absolute Gasteiger partial charge is 0.309 e. The first-order chi connectivity index (χ1) is 51.0. The lowest BCUT2D eigenvalue weighted by Gasteiger charge is -2.19. The lowest BCUT2D eigenvalue weighted by atomic mass is 9.91. The quantitative estimate of drug-likeness (QED) is 0.123. The molecule has 15 rings (SSSR count). The van der Waals surface area contributed by atoms with Crippen LogP contribution in [-0.2, 0) is 0 Å². The third-order valence-electron chi connectivity index (χ3n) is 18.2. The number of hydrogen-bond acceptors (Lipinski definition) is 16. The number of nitriles is 12. The van der Waals surface area contributed by atoms with Crippen molar-refractivity contribution < 1.29 is 0 Å². The van der Waals surface area contributed by atoms with E-state index in [0.717, 1.165) is 11.1 Å². The zero-order valence-corrected chi connectivity index (χ0v) is 53.8. The first kappa shape index (κ1) is 63.1. The van der Waals surface area contributed by atoms with Gasteiger partial charge in [0.2, 0.25) is 0 Å². The topological polar surface area (TPSA) is 347 Å². The van der Waals surface area contributed by atoms with Crippen molar-refractivity contribution in [3.63, 3.8) is 0 Å². The van der Waals surface area contributed by atoms with Gasteiger partial charge in [0.15, 0.2) is 17.5 Å². The predicted molar refractivity (Wildman–Crippen MR) is 386 cm³/mol. The minimum atomic E-state index is 0.0872. The maximum Gasteiger partial charge on any atom is 0.164 e. The van der Waals surface area contributed by atoms with Gasteiger partial charge in [0.05, 0.1) is 173 Å². The molecule has 0 atom stereocenters. The number of hydrogen-bond donors (Lipinski definition) is 0. The van der Waals surface area contributed by atoms with Crippen LogP contribution in [0.4, 0.5) is 0 Å². The molecule has 0 amide bonds. The van der Waals surface area contributed by atoms with Crippen LogP contribution in [0.15, 0.2) is 219 Å². The maximum absolute atomic E-state index is 10.7. The summed E-state index contributed by atoms with van der Waals surface area (Å²) in [5.74, 6) is 1.11. The molecule has 0 N–H and O–H groups in total. The maximum atomic E-state index is 10.7. The van der Waals surface area contributed by atoms with Crippen LogP contribution in [0.2, 0.25) is 0 Å². The minimum Gasteiger partial charge on any atom is -0.309 e. The molecule has 4 heterocycles. The monoisotopic (exact) mass is 1320 g/mol. The molecule has 0 aliphatic rings. The molecule has 470 valence electrons. The molecule has 0 bridgehead atoms. The van der Waals surface area contributed by atoms with Gasteiger partial charge in [-0.3, -0.25) is 4.98 Å². The first-order valence-electron chi connectivity index (χ1n) is 31.7. The molecule has 0 saturated heterocycles. The van der Waals surface area contributed by atoms with Crippen LogP contribution >= 0.6 is 0 Å². The van der Waals surface area contributed by atoms with Gasteiger partial charge in [-0.25, -0.2) is 15.0 Å². The van der Waals surface area contributed by atoms with Crippen LogP contribution in [0.25, 0.3) is 145 Å². The summed E-state index contributed by atoms with van der Waals surface area (Å²) in [5.41, 5.74) is 10.9. The summed E-state index contributed by atoms with van der Waals surface area (Å²) in [4.78, 5) is 20.2. The van der Waals surface area contributed by atoms with E-state index in [1.165, 1.54) is 48.5 Å². The highest BCUT2D eigenvalue weighted by atomic mass is 15.0. The van der Waals surface area contributed by atoms with Crippen molar-refractivity contribution in [1.82, 2.24) is 29.1 Å². The second-order valence-electron chi connectivity index (χ2n) is 23.9. The lowest BCUT2D eigenvalue weighted by molar-refractivity contribution is 1.07. The summed E-state index contributed by atoms with van der Waals surface area (Å²) >= 11 is 0. The highest BCUT2D eigenvalue weighted by Crippen LogP contribution is 2.47. The normalized spacial score (nSPS) is 10.6. The van der Waals surface area contributed by atoms with Gasteiger partial charge in [0.1, 0.15) is 0 Å². The molecule has 4 aromatic heterocycles. The zero-order valence-electron chi connectivity index (χ0n) is 53.8. The Labute approximate surface area is 592 Å². The molecule has 0 aliphatic heterocycles. The van der Waals surface area contributed by atoms with E-state index in [0.29, 0.717) is 123 Å². The fourth-order valence-corrected chi connectivity index (χ4v) is 13.8. The number of fused-ring (bicyclic) bond motifs is 6. The summed E-state index contributed by atoms with van der Waals surface area (Å²) in [7, 11) is 0. The second-order valence-corrected chi connectivity index (χ2v) is 23.9. The highest BCUT2D eigenvalue weighted by molar-refractivity contribution is 6.15. The van der Waals surface area contributed by atoms with E-state index in [9.17, 15) is 63.1 Å². The molecule has 0 fully saturated rings. The Morgan fingerprint density at radius 1 is 0.240 bits per heavy atom. The summed E-state index contributed by atoms with van der Waals surface area (Å²) in [6.07, 6.45) is 3.39. The summed E-state index contributed by atoms with van der Waals surface area (Å²) in [5, 5.41) is 128. The van der Waals surface area contributed by atoms with Gasteiger partial charge < -0.3 is 9.13 Å². The van der Waals surface area contributed by atoms with Gasteiger partial charge >= 0.3 is 0 Å². The van der Waals surface area contributed by atoms with Crippen molar-refractivity contribution in [2.45, 2.75) is 0 Å². The lowest BCUT2D eigenvalue weighted by Crippen LogP contribution is -2.04. The molecule has 104 heavy (non-hydrogen) atoms. The van der Waals surface area contributed by atoms with Crippen molar-refractivity contribution in [1.29, 1.82) is 63.1 Å². The van der Waals surface area contributed by atoms with Crippen molar-refractivity contribution in [2.75, 3.05) is 0 Å². The molecule has 11 aromatic carbocycles. The van der Waals surface area contributed by atoms with Crippen molar-refractivity contribution >= 4 is 43.6 Å². The van der Waals surface area contributed by atoms with E-state index < -0.39 is 0 Å². The molecule has 0 saturated carbocycles. The summed E-state index contributed by atoms with van der Waals surface area (Å²) < 4.78 is 4.09. The van der Waals surface area contributed by atoms with E-state index in [1.807, 2.05) is 138 Å². The average molecular weight is 1320 g/mol. The molecule has 0 unspecified atom stereocenters. The van der Waals surface area contributed by atoms with E-state index in [4.69, 9.17) is 19.9 Å². The molecule has 18 heteroatoms. The number of rotatable bonds is 10. The number of nitrogens with zero attached hydrogens (tertiary/aromatic N) is 18. The highest BCUT2D eigenvalue weighted by Gasteiger charge is 2.27. The van der Waals surface area contributed by atoms with Crippen LogP contribution in [0, 0.1) is 136 Å². The second kappa shape index (κ2) is 25.9. The van der Waals surface area contributed by atoms with E-state index in [1.54, 1.807) is 36.7 Å². The fraction of sp³-hybridized carbons (Fsp3) is 0. The molecule has 0 spiro atoms. The smallest absolute Gasteiger partial charge is 0.164 e. The molecule has 0 radical (unpaired) electrons. The number of benzene rings is 11. The van der Waals surface area contributed by atoms with Gasteiger partial charge in [-0.15, -0.1) is 0 Å². The number of pyridine rings is 1. The van der Waals surface area contributed by atoms with Gasteiger partial charge in [-0.1, -0.05) is 84.9 Å². The van der Waals surface area contributed by atoms with Crippen LogP contribution < -0.4 is 0 Å². The van der Waals surface area contributed by atoms with Crippen LogP contribution in [0.3, 0.4) is 0 Å². The number of aromatic nitrogens is 6. The third kappa shape index (κ3) is 10.5. The van der Waals surface area contributed by atoms with Crippen LogP contribution in [0.5, 0.6) is 0 Å². The van der Waals surface area contributed by atoms with Crippen molar-refractivity contribution in [3.8, 4) is 174 Å². The van der Waals surface area contributed by atoms with Crippen LogP contribution in [0.1, 0.15) is 66.8 Å². The Bertz CT molecular complexity index is 6390. The molecule has 0 aliphatic carbocycles. The summed E-state index contributed by atoms with van der Waals surface area (Å²) in [6, 6.07) is 86.1. The summed E-state index contributed by atoms with van der Waals surface area (Å²) in [6.45, 7) is 0. The minimum absolute atomic E-state index is 0.0872. The van der Waals surface area contributed by atoms with E-state index in [2.05, 4.69) is 77.4 Å². The Morgan fingerprint density at radius 2 is 0.519 bits per heavy atom. The van der Waals surface area contributed by atoms with Crippen molar-refractivity contribution in [2.24, 2.45) is 0 Å². The SMILES string of the molecule is N#Cc1cc(C#N)c(-c2ccc3c(c2)c2cc(-c4c(C#N)cc(C#N)cc4C#N)ccc2n3-c2ccncc2-c2cc(-c3nc(-c4ccccc4)nc(-c4ccccc4)n3)ccc2-n2c3ccc(-c4c(C#N)cc(C#N)cc4C#N)cc3c3cc(-c4c(C#N)cc(C#N)cc4C#N)ccc32)c(C#N)c1. The van der Waals surface area contributed by atoms with Gasteiger partial charge in [0.25, 0.3) is 0 Å². The zero-order chi connectivity index (χ0) is 71.9. The molecule has 15 aromatic rings. The Balaban J connectivity index is 1.06. The third-order valence-corrected chi connectivity index (χ3v) is 18.2.